The normalized spacial score (nSPS) is 12.8. The smallest absolute Gasteiger partial charge is 0.141 e. The maximum atomic E-state index is 8.89. The molecular weight excluding hydrogens is 216 g/mol. The first-order valence-corrected chi connectivity index (χ1v) is 5.82. The van der Waals surface area contributed by atoms with E-state index in [0.717, 1.165) is 6.42 Å². The molecule has 1 rings (SSSR count). The second-order valence-corrected chi connectivity index (χ2v) is 4.33. The zero-order valence-corrected chi connectivity index (χ0v) is 10.8. The zero-order valence-electron chi connectivity index (χ0n) is 10.8. The quantitative estimate of drug-likeness (QED) is 0.729. The minimum Gasteiger partial charge on any atom is -0.495 e. The first-order chi connectivity index (χ1) is 8.08. The monoisotopic (exact) mass is 238 g/mol. The Bertz CT molecular complexity index is 355. The molecule has 3 N–H and O–H groups in total. The number of nitrogens with zero attached hydrogens (tertiary/aromatic N) is 1. The molecule has 0 aliphatic rings. The topological polar surface area (TPSA) is 58.7 Å². The van der Waals surface area contributed by atoms with Crippen molar-refractivity contribution in [1.29, 1.82) is 0 Å². The van der Waals surface area contributed by atoms with Crippen LogP contribution in [0.15, 0.2) is 18.2 Å². The minimum absolute atomic E-state index is 0.186. The molecule has 17 heavy (non-hydrogen) atoms. The molecule has 0 radical (unpaired) electrons. The highest BCUT2D eigenvalue weighted by atomic mass is 16.5. The summed E-state index contributed by atoms with van der Waals surface area (Å²) in [6, 6.07) is 6.24. The molecule has 0 saturated carbocycles. The summed E-state index contributed by atoms with van der Waals surface area (Å²) in [6.45, 7) is 3.01. The summed E-state index contributed by atoms with van der Waals surface area (Å²) >= 11 is 0. The molecule has 0 spiro atoms. The fourth-order valence-corrected chi connectivity index (χ4v) is 1.79. The second-order valence-electron chi connectivity index (χ2n) is 4.33. The Kier molecular flexibility index (Phi) is 5.25. The minimum atomic E-state index is 0.186. The molecule has 1 aromatic rings. The molecule has 4 nitrogen and oxygen atoms in total. The molecule has 0 saturated heterocycles. The van der Waals surface area contributed by atoms with Crippen LogP contribution in [-0.4, -0.2) is 43.4 Å². The molecule has 1 unspecified atom stereocenters. The Labute approximate surface area is 103 Å². The van der Waals surface area contributed by atoms with E-state index in [-0.39, 0.29) is 6.61 Å². The summed E-state index contributed by atoms with van der Waals surface area (Å²) in [4.78, 5) is 2.13. The molecule has 96 valence electrons. The van der Waals surface area contributed by atoms with Gasteiger partial charge in [-0.25, -0.2) is 0 Å². The number of hydrogen-bond acceptors (Lipinski definition) is 4. The predicted molar refractivity (Wildman–Crippen MR) is 70.3 cm³/mol. The average molecular weight is 238 g/mol. The van der Waals surface area contributed by atoms with Gasteiger partial charge in [0.25, 0.3) is 0 Å². The molecule has 0 aliphatic heterocycles. The Balaban J connectivity index is 2.65. The number of aliphatic hydroxyl groups is 1. The van der Waals surface area contributed by atoms with Gasteiger partial charge >= 0.3 is 0 Å². The van der Waals surface area contributed by atoms with E-state index in [1.807, 2.05) is 25.2 Å². The predicted octanol–water partition coefficient (Wildman–Crippen LogP) is 1.13. The first-order valence-electron chi connectivity index (χ1n) is 5.82. The number of nitrogen functional groups attached to an aromatic ring is 1. The lowest BCUT2D eigenvalue weighted by atomic mass is 10.1. The number of aliphatic hydroxyl groups excluding tert-OH is 1. The van der Waals surface area contributed by atoms with Gasteiger partial charge in [-0.05, 0) is 38.1 Å². The Morgan fingerprint density at radius 1 is 1.47 bits per heavy atom. The van der Waals surface area contributed by atoms with Crippen molar-refractivity contribution in [3.63, 3.8) is 0 Å². The van der Waals surface area contributed by atoms with Crippen molar-refractivity contribution < 1.29 is 9.84 Å². The molecule has 0 amide bonds. The molecule has 0 fully saturated rings. The van der Waals surface area contributed by atoms with E-state index in [0.29, 0.717) is 24.0 Å². The highest BCUT2D eigenvalue weighted by Gasteiger charge is 2.10. The summed E-state index contributed by atoms with van der Waals surface area (Å²) in [6.07, 6.45) is 0.907. The summed E-state index contributed by atoms with van der Waals surface area (Å²) in [5.74, 6) is 0.713. The third kappa shape index (κ3) is 3.91. The Hall–Kier alpha value is -1.26. The number of likely N-dealkylation sites (N-methyl/N-ethyl adjacent to an activating group) is 1. The van der Waals surface area contributed by atoms with Gasteiger partial charge in [0.15, 0.2) is 0 Å². The van der Waals surface area contributed by atoms with Crippen molar-refractivity contribution >= 4 is 5.69 Å². The number of rotatable bonds is 6. The van der Waals surface area contributed by atoms with E-state index in [9.17, 15) is 0 Å². The van der Waals surface area contributed by atoms with Gasteiger partial charge in [0.1, 0.15) is 5.75 Å². The van der Waals surface area contributed by atoms with Crippen molar-refractivity contribution in [3.8, 4) is 5.75 Å². The van der Waals surface area contributed by atoms with Crippen LogP contribution in [0.3, 0.4) is 0 Å². The lowest BCUT2D eigenvalue weighted by Crippen LogP contribution is -2.33. The van der Waals surface area contributed by atoms with E-state index < -0.39 is 0 Å². The molecule has 1 aromatic carbocycles. The highest BCUT2D eigenvalue weighted by Crippen LogP contribution is 2.22. The Morgan fingerprint density at radius 3 is 2.71 bits per heavy atom. The van der Waals surface area contributed by atoms with E-state index in [1.165, 1.54) is 5.56 Å². The van der Waals surface area contributed by atoms with E-state index in [4.69, 9.17) is 15.6 Å². The molecule has 0 aromatic heterocycles. The van der Waals surface area contributed by atoms with Gasteiger partial charge in [-0.2, -0.15) is 0 Å². The average Bonchev–Trinajstić information content (AvgIpc) is 2.29. The molecule has 0 bridgehead atoms. The van der Waals surface area contributed by atoms with Crippen LogP contribution in [0.1, 0.15) is 12.5 Å². The summed E-state index contributed by atoms with van der Waals surface area (Å²) in [7, 11) is 3.62. The highest BCUT2D eigenvalue weighted by molar-refractivity contribution is 5.54. The third-order valence-corrected chi connectivity index (χ3v) is 3.03. The van der Waals surface area contributed by atoms with Crippen molar-refractivity contribution in [3.05, 3.63) is 23.8 Å². The number of nitrogens with two attached hydrogens (primary N) is 1. The molecule has 1 atom stereocenters. The number of anilines is 1. The lowest BCUT2D eigenvalue weighted by Gasteiger charge is -2.24. The maximum absolute atomic E-state index is 8.89. The number of benzene rings is 1. The zero-order chi connectivity index (χ0) is 12.8. The fraction of sp³-hybridized carbons (Fsp3) is 0.538. The van der Waals surface area contributed by atoms with Crippen LogP contribution >= 0.6 is 0 Å². The summed E-state index contributed by atoms with van der Waals surface area (Å²) < 4.78 is 5.12. The Morgan fingerprint density at radius 2 is 2.18 bits per heavy atom. The van der Waals surface area contributed by atoms with Crippen LogP contribution in [-0.2, 0) is 6.42 Å². The molecular formula is C13H22N2O2. The fourth-order valence-electron chi connectivity index (χ4n) is 1.79. The number of ether oxygens (including phenoxy) is 1. The van der Waals surface area contributed by atoms with Gasteiger partial charge in [-0.3, -0.25) is 0 Å². The number of methoxy groups -OCH3 is 1. The van der Waals surface area contributed by atoms with E-state index in [2.05, 4.69) is 11.8 Å². The first kappa shape index (κ1) is 13.8. The van der Waals surface area contributed by atoms with Crippen LogP contribution < -0.4 is 10.5 Å². The van der Waals surface area contributed by atoms with Crippen LogP contribution in [0.2, 0.25) is 0 Å². The molecule has 4 heteroatoms. The van der Waals surface area contributed by atoms with Crippen molar-refractivity contribution in [2.24, 2.45) is 0 Å². The van der Waals surface area contributed by atoms with Crippen LogP contribution in [0, 0.1) is 0 Å². The standard InChI is InChI=1S/C13H22N2O2/c1-10(15(2)6-7-16)8-11-4-5-13(17-3)12(14)9-11/h4-5,9-10,16H,6-8,14H2,1-3H3. The van der Waals surface area contributed by atoms with Crippen LogP contribution in [0.4, 0.5) is 5.69 Å². The van der Waals surface area contributed by atoms with Gasteiger partial charge in [0.2, 0.25) is 0 Å². The SMILES string of the molecule is COc1ccc(CC(C)N(C)CCO)cc1N. The summed E-state index contributed by atoms with van der Waals surface area (Å²) in [5.41, 5.74) is 7.71. The molecule has 0 aliphatic carbocycles. The van der Waals surface area contributed by atoms with Crippen LogP contribution in [0.5, 0.6) is 5.75 Å². The van der Waals surface area contributed by atoms with Crippen molar-refractivity contribution in [2.45, 2.75) is 19.4 Å². The van der Waals surface area contributed by atoms with Crippen molar-refractivity contribution in [1.82, 2.24) is 4.90 Å². The van der Waals surface area contributed by atoms with Crippen molar-refractivity contribution in [2.75, 3.05) is 33.0 Å². The van der Waals surface area contributed by atoms with Gasteiger partial charge < -0.3 is 20.5 Å². The second kappa shape index (κ2) is 6.47. The number of hydrogen-bond donors (Lipinski definition) is 2. The van der Waals surface area contributed by atoms with Gasteiger partial charge in [0, 0.05) is 12.6 Å². The summed E-state index contributed by atoms with van der Waals surface area (Å²) in [5, 5.41) is 8.89. The lowest BCUT2D eigenvalue weighted by molar-refractivity contribution is 0.187. The largest absolute Gasteiger partial charge is 0.495 e. The third-order valence-electron chi connectivity index (χ3n) is 3.03. The maximum Gasteiger partial charge on any atom is 0.141 e. The van der Waals surface area contributed by atoms with Crippen LogP contribution in [0.25, 0.3) is 0 Å². The molecule has 0 heterocycles. The van der Waals surface area contributed by atoms with E-state index in [1.54, 1.807) is 7.11 Å². The van der Waals surface area contributed by atoms with Gasteiger partial charge in [-0.15, -0.1) is 0 Å². The van der Waals surface area contributed by atoms with Gasteiger partial charge in [-0.1, -0.05) is 6.07 Å². The van der Waals surface area contributed by atoms with E-state index >= 15 is 0 Å². The van der Waals surface area contributed by atoms with Gasteiger partial charge in [0.05, 0.1) is 19.4 Å².